The first-order chi connectivity index (χ1) is 8.24. The van der Waals surface area contributed by atoms with Crippen molar-refractivity contribution in [2.24, 2.45) is 5.73 Å². The van der Waals surface area contributed by atoms with E-state index in [0.717, 1.165) is 0 Å². The molecule has 0 radical (unpaired) electrons. The number of rotatable bonds is 2. The molecule has 6 nitrogen and oxygen atoms in total. The Bertz CT molecular complexity index is 469. The first kappa shape index (κ1) is 11.4. The molecule has 1 fully saturated rings. The fraction of sp³-hybridized carbons (Fsp3) is 0.364. The molecule has 1 aliphatic rings. The van der Waals surface area contributed by atoms with Gasteiger partial charge in [-0.2, -0.15) is 5.26 Å². The van der Waals surface area contributed by atoms with Gasteiger partial charge in [-0.25, -0.2) is 4.98 Å². The number of nitriles is 1. The summed E-state index contributed by atoms with van der Waals surface area (Å²) in [6.07, 6.45) is 1.59. The average molecular weight is 232 g/mol. The maximum Gasteiger partial charge on any atom is 0.242 e. The van der Waals surface area contributed by atoms with Crippen molar-refractivity contribution in [3.8, 4) is 6.07 Å². The van der Waals surface area contributed by atoms with E-state index in [1.165, 1.54) is 0 Å². The van der Waals surface area contributed by atoms with Gasteiger partial charge in [-0.1, -0.05) is 0 Å². The Morgan fingerprint density at radius 3 is 3.24 bits per heavy atom. The number of morpholine rings is 1. The van der Waals surface area contributed by atoms with E-state index in [9.17, 15) is 4.79 Å². The summed E-state index contributed by atoms with van der Waals surface area (Å²) in [5.41, 5.74) is 5.75. The fourth-order valence-corrected chi connectivity index (χ4v) is 1.81. The Kier molecular flexibility index (Phi) is 3.21. The number of hydrogen-bond donors (Lipinski definition) is 1. The van der Waals surface area contributed by atoms with Crippen LogP contribution < -0.4 is 10.6 Å². The number of carbonyl (C=O) groups is 1. The Balaban J connectivity index is 2.36. The highest BCUT2D eigenvalue weighted by Gasteiger charge is 2.29. The van der Waals surface area contributed by atoms with Crippen molar-refractivity contribution in [3.05, 3.63) is 23.9 Å². The summed E-state index contributed by atoms with van der Waals surface area (Å²) in [6, 6.07) is 4.84. The smallest absolute Gasteiger partial charge is 0.242 e. The monoisotopic (exact) mass is 232 g/mol. The number of nitrogens with zero attached hydrogens (tertiary/aromatic N) is 3. The molecular weight excluding hydrogens is 220 g/mol. The van der Waals surface area contributed by atoms with Gasteiger partial charge in [0.15, 0.2) is 0 Å². The lowest BCUT2D eigenvalue weighted by molar-refractivity contribution is -0.121. The number of ether oxygens (including phenoxy) is 1. The van der Waals surface area contributed by atoms with E-state index in [0.29, 0.717) is 24.5 Å². The molecule has 0 saturated carbocycles. The van der Waals surface area contributed by atoms with Gasteiger partial charge in [-0.05, 0) is 12.1 Å². The minimum Gasteiger partial charge on any atom is -0.377 e. The second-order valence-electron chi connectivity index (χ2n) is 3.67. The molecule has 6 heteroatoms. The summed E-state index contributed by atoms with van der Waals surface area (Å²) in [5, 5.41) is 9.01. The number of amides is 1. The van der Waals surface area contributed by atoms with Crippen molar-refractivity contribution >= 4 is 11.7 Å². The summed E-state index contributed by atoms with van der Waals surface area (Å²) in [6.45, 7) is 1.22. The van der Waals surface area contributed by atoms with Crippen LogP contribution in [0.15, 0.2) is 18.3 Å². The van der Waals surface area contributed by atoms with Gasteiger partial charge < -0.3 is 15.4 Å². The van der Waals surface area contributed by atoms with Crippen LogP contribution in [-0.4, -0.2) is 36.7 Å². The van der Waals surface area contributed by atoms with Gasteiger partial charge in [-0.15, -0.1) is 0 Å². The maximum absolute atomic E-state index is 11.3. The van der Waals surface area contributed by atoms with Gasteiger partial charge >= 0.3 is 0 Å². The number of anilines is 1. The molecule has 1 unspecified atom stereocenters. The fourth-order valence-electron chi connectivity index (χ4n) is 1.81. The highest BCUT2D eigenvalue weighted by molar-refractivity contribution is 5.84. The van der Waals surface area contributed by atoms with Crippen LogP contribution in [0.1, 0.15) is 5.56 Å². The Hall–Kier alpha value is -2.13. The van der Waals surface area contributed by atoms with Crippen molar-refractivity contribution in [2.45, 2.75) is 6.04 Å². The van der Waals surface area contributed by atoms with Crippen molar-refractivity contribution in [1.82, 2.24) is 4.98 Å². The molecule has 0 spiro atoms. The summed E-state index contributed by atoms with van der Waals surface area (Å²) in [4.78, 5) is 17.2. The van der Waals surface area contributed by atoms with Crippen LogP contribution in [0.2, 0.25) is 0 Å². The van der Waals surface area contributed by atoms with Crippen molar-refractivity contribution in [2.75, 3.05) is 24.7 Å². The molecule has 0 aliphatic carbocycles. The van der Waals surface area contributed by atoms with E-state index < -0.39 is 11.9 Å². The number of pyridine rings is 1. The van der Waals surface area contributed by atoms with Crippen LogP contribution in [0.3, 0.4) is 0 Å². The summed E-state index contributed by atoms with van der Waals surface area (Å²) >= 11 is 0. The third kappa shape index (κ3) is 2.19. The van der Waals surface area contributed by atoms with E-state index in [1.54, 1.807) is 23.2 Å². The lowest BCUT2D eigenvalue weighted by atomic mass is 10.2. The van der Waals surface area contributed by atoms with Crippen LogP contribution in [-0.2, 0) is 9.53 Å². The molecule has 1 aliphatic heterocycles. The number of nitrogens with two attached hydrogens (primary N) is 1. The molecule has 2 N–H and O–H groups in total. The molecule has 1 atom stereocenters. The highest BCUT2D eigenvalue weighted by Crippen LogP contribution is 2.20. The lowest BCUT2D eigenvalue weighted by Crippen LogP contribution is -2.53. The predicted octanol–water partition coefficient (Wildman–Crippen LogP) is -0.356. The molecule has 1 aromatic heterocycles. The van der Waals surface area contributed by atoms with Crippen molar-refractivity contribution in [1.29, 1.82) is 5.26 Å². The summed E-state index contributed by atoms with van der Waals surface area (Å²) in [5.74, 6) is 0.0151. The van der Waals surface area contributed by atoms with Crippen LogP contribution >= 0.6 is 0 Å². The second kappa shape index (κ2) is 4.80. The zero-order valence-corrected chi connectivity index (χ0v) is 9.17. The van der Waals surface area contributed by atoms with Crippen molar-refractivity contribution < 1.29 is 9.53 Å². The predicted molar refractivity (Wildman–Crippen MR) is 60.1 cm³/mol. The quantitative estimate of drug-likeness (QED) is 0.752. The minimum atomic E-state index is -0.564. The maximum atomic E-state index is 11.3. The highest BCUT2D eigenvalue weighted by atomic mass is 16.5. The molecular formula is C11H12N4O2. The zero-order chi connectivity index (χ0) is 12.3. The molecule has 0 aromatic carbocycles. The van der Waals surface area contributed by atoms with Crippen LogP contribution in [0, 0.1) is 11.3 Å². The molecule has 1 amide bonds. The van der Waals surface area contributed by atoms with E-state index in [1.807, 2.05) is 0 Å². The Labute approximate surface area is 98.6 Å². The van der Waals surface area contributed by atoms with Gasteiger partial charge in [0.05, 0.1) is 18.8 Å². The van der Waals surface area contributed by atoms with Crippen LogP contribution in [0.25, 0.3) is 0 Å². The topological polar surface area (TPSA) is 92.2 Å². The van der Waals surface area contributed by atoms with Gasteiger partial charge in [0, 0.05) is 12.7 Å². The SMILES string of the molecule is N#Cc1cccnc1N1CCOCC1C(N)=O. The Morgan fingerprint density at radius 1 is 1.71 bits per heavy atom. The van der Waals surface area contributed by atoms with Gasteiger partial charge in [0.25, 0.3) is 0 Å². The number of hydrogen-bond acceptors (Lipinski definition) is 5. The van der Waals surface area contributed by atoms with E-state index in [-0.39, 0.29) is 6.61 Å². The summed E-state index contributed by atoms with van der Waals surface area (Å²) < 4.78 is 5.22. The van der Waals surface area contributed by atoms with Crippen LogP contribution in [0.5, 0.6) is 0 Å². The lowest BCUT2D eigenvalue weighted by Gasteiger charge is -2.34. The number of carbonyl (C=O) groups excluding carboxylic acids is 1. The largest absolute Gasteiger partial charge is 0.377 e. The number of aromatic nitrogens is 1. The van der Waals surface area contributed by atoms with Crippen LogP contribution in [0.4, 0.5) is 5.82 Å². The molecule has 2 heterocycles. The van der Waals surface area contributed by atoms with Gasteiger partial charge in [-0.3, -0.25) is 4.79 Å². The van der Waals surface area contributed by atoms with E-state index in [2.05, 4.69) is 11.1 Å². The molecule has 0 bridgehead atoms. The average Bonchev–Trinajstić information content (AvgIpc) is 2.38. The first-order valence-corrected chi connectivity index (χ1v) is 5.23. The van der Waals surface area contributed by atoms with Crippen molar-refractivity contribution in [3.63, 3.8) is 0 Å². The van der Waals surface area contributed by atoms with E-state index >= 15 is 0 Å². The second-order valence-corrected chi connectivity index (χ2v) is 3.67. The summed E-state index contributed by atoms with van der Waals surface area (Å²) in [7, 11) is 0. The molecule has 88 valence electrons. The number of primary amides is 1. The third-order valence-electron chi connectivity index (χ3n) is 2.64. The normalized spacial score (nSPS) is 19.7. The van der Waals surface area contributed by atoms with Gasteiger partial charge in [0.1, 0.15) is 17.9 Å². The van der Waals surface area contributed by atoms with E-state index in [4.69, 9.17) is 15.7 Å². The zero-order valence-electron chi connectivity index (χ0n) is 9.17. The standard InChI is InChI=1S/C11H12N4O2/c12-6-8-2-1-3-14-11(8)15-4-5-17-7-9(15)10(13)16/h1-3,9H,4-5,7H2,(H2,13,16). The molecule has 1 aromatic rings. The molecule has 2 rings (SSSR count). The third-order valence-corrected chi connectivity index (χ3v) is 2.64. The minimum absolute atomic E-state index is 0.233. The first-order valence-electron chi connectivity index (χ1n) is 5.23. The Morgan fingerprint density at radius 2 is 2.53 bits per heavy atom. The molecule has 17 heavy (non-hydrogen) atoms. The molecule has 1 saturated heterocycles. The van der Waals surface area contributed by atoms with Gasteiger partial charge in [0.2, 0.25) is 5.91 Å².